The van der Waals surface area contributed by atoms with E-state index in [-0.39, 0.29) is 10.8 Å². The Labute approximate surface area is 163 Å². The summed E-state index contributed by atoms with van der Waals surface area (Å²) in [6, 6.07) is 12.0. The molecule has 0 bridgehead atoms. The maximum Gasteiger partial charge on any atom is 0.418 e. The summed E-state index contributed by atoms with van der Waals surface area (Å²) in [5, 5.41) is 9.02. The van der Waals surface area contributed by atoms with Gasteiger partial charge < -0.3 is 0 Å². The normalized spacial score (nSPS) is 11.9. The van der Waals surface area contributed by atoms with Crippen LogP contribution in [0.5, 0.6) is 0 Å². The molecule has 4 nitrogen and oxygen atoms in total. The van der Waals surface area contributed by atoms with E-state index >= 15 is 0 Å². The fraction of sp³-hybridized carbons (Fsp3) is 0.111. The van der Waals surface area contributed by atoms with Gasteiger partial charge in [0.1, 0.15) is 5.15 Å². The molecule has 1 aromatic heterocycles. The van der Waals surface area contributed by atoms with Crippen LogP contribution in [0.15, 0.2) is 53.6 Å². The molecule has 0 aliphatic heterocycles. The number of anilines is 1. The number of hydrogen-bond donors (Lipinski definition) is 1. The monoisotopic (exact) mass is 412 g/mol. The van der Waals surface area contributed by atoms with E-state index < -0.39 is 11.7 Å². The van der Waals surface area contributed by atoms with Gasteiger partial charge in [0.25, 0.3) is 0 Å². The van der Waals surface area contributed by atoms with E-state index in [1.807, 2.05) is 0 Å². The number of halogens is 5. The number of hydrazone groups is 1. The van der Waals surface area contributed by atoms with Crippen LogP contribution >= 0.6 is 23.2 Å². The third-order valence-corrected chi connectivity index (χ3v) is 4.31. The van der Waals surface area contributed by atoms with E-state index in [9.17, 15) is 13.2 Å². The topological polar surface area (TPSA) is 42.2 Å². The van der Waals surface area contributed by atoms with Crippen molar-refractivity contribution >= 4 is 35.1 Å². The number of aryl methyl sites for hydroxylation is 1. The van der Waals surface area contributed by atoms with Crippen LogP contribution in [-0.2, 0) is 6.18 Å². The lowest BCUT2D eigenvalue weighted by molar-refractivity contribution is -0.136. The highest BCUT2D eigenvalue weighted by atomic mass is 35.5. The van der Waals surface area contributed by atoms with Gasteiger partial charge in [-0.05, 0) is 37.3 Å². The molecule has 0 fully saturated rings. The highest BCUT2D eigenvalue weighted by Gasteiger charge is 2.33. The van der Waals surface area contributed by atoms with Crippen molar-refractivity contribution in [3.63, 3.8) is 0 Å². The Hall–Kier alpha value is -2.51. The summed E-state index contributed by atoms with van der Waals surface area (Å²) in [5.74, 6) is 0. The highest BCUT2D eigenvalue weighted by Crippen LogP contribution is 2.34. The van der Waals surface area contributed by atoms with Gasteiger partial charge in [0, 0.05) is 5.02 Å². The number of benzene rings is 2. The first-order chi connectivity index (χ1) is 12.8. The van der Waals surface area contributed by atoms with Gasteiger partial charge in [-0.1, -0.05) is 41.4 Å². The number of rotatable bonds is 4. The van der Waals surface area contributed by atoms with E-state index in [2.05, 4.69) is 15.6 Å². The zero-order valence-electron chi connectivity index (χ0n) is 13.9. The van der Waals surface area contributed by atoms with E-state index in [0.29, 0.717) is 22.0 Å². The smallest absolute Gasteiger partial charge is 0.278 e. The van der Waals surface area contributed by atoms with Crippen molar-refractivity contribution in [2.24, 2.45) is 5.10 Å². The fourth-order valence-corrected chi connectivity index (χ4v) is 2.94. The summed E-state index contributed by atoms with van der Waals surface area (Å²) in [6.45, 7) is 1.72. The summed E-state index contributed by atoms with van der Waals surface area (Å²) in [6.07, 6.45) is -3.15. The minimum absolute atomic E-state index is 0.155. The Bertz CT molecular complexity index is 997. The molecule has 140 valence electrons. The van der Waals surface area contributed by atoms with Gasteiger partial charge in [0.05, 0.1) is 34.4 Å². The number of alkyl halides is 3. The van der Waals surface area contributed by atoms with Crippen molar-refractivity contribution < 1.29 is 13.2 Å². The zero-order chi connectivity index (χ0) is 19.6. The number of nitrogens with one attached hydrogen (secondary N) is 1. The van der Waals surface area contributed by atoms with Gasteiger partial charge in [0.15, 0.2) is 0 Å². The van der Waals surface area contributed by atoms with Gasteiger partial charge in [0.2, 0.25) is 0 Å². The van der Waals surface area contributed by atoms with Crippen molar-refractivity contribution in [3.05, 3.63) is 75.5 Å². The third-order valence-electron chi connectivity index (χ3n) is 3.71. The molecule has 0 atom stereocenters. The average Bonchev–Trinajstić information content (AvgIpc) is 2.89. The number of hydrogen-bond acceptors (Lipinski definition) is 3. The van der Waals surface area contributed by atoms with E-state index in [4.69, 9.17) is 23.2 Å². The van der Waals surface area contributed by atoms with Crippen molar-refractivity contribution in [1.29, 1.82) is 0 Å². The molecule has 1 N–H and O–H groups in total. The quantitative estimate of drug-likeness (QED) is 0.424. The molecule has 3 aromatic rings. The summed E-state index contributed by atoms with van der Waals surface area (Å²) in [4.78, 5) is 0. The Morgan fingerprint density at radius 3 is 2.56 bits per heavy atom. The lowest BCUT2D eigenvalue weighted by Gasteiger charge is -2.11. The Morgan fingerprint density at radius 1 is 1.11 bits per heavy atom. The Morgan fingerprint density at radius 2 is 1.85 bits per heavy atom. The Balaban J connectivity index is 1.87. The minimum Gasteiger partial charge on any atom is -0.278 e. The van der Waals surface area contributed by atoms with Crippen LogP contribution in [0.2, 0.25) is 10.2 Å². The molecular formula is C18H13Cl2F3N4. The molecule has 0 saturated heterocycles. The summed E-state index contributed by atoms with van der Waals surface area (Å²) >= 11 is 12.3. The van der Waals surface area contributed by atoms with Gasteiger partial charge in [-0.3, -0.25) is 5.43 Å². The number of aromatic nitrogens is 2. The third kappa shape index (κ3) is 4.26. The largest absolute Gasteiger partial charge is 0.418 e. The van der Waals surface area contributed by atoms with E-state index in [1.165, 1.54) is 29.1 Å². The van der Waals surface area contributed by atoms with Crippen molar-refractivity contribution in [3.8, 4) is 5.69 Å². The molecule has 3 rings (SSSR count). The van der Waals surface area contributed by atoms with Gasteiger partial charge in [-0.2, -0.15) is 23.4 Å². The van der Waals surface area contributed by atoms with Crippen LogP contribution < -0.4 is 5.43 Å². The summed E-state index contributed by atoms with van der Waals surface area (Å²) in [5.41, 5.74) is 3.15. The van der Waals surface area contributed by atoms with Gasteiger partial charge in [-0.25, -0.2) is 4.68 Å². The molecule has 27 heavy (non-hydrogen) atoms. The molecule has 0 amide bonds. The lowest BCUT2D eigenvalue weighted by Crippen LogP contribution is -2.08. The second-order valence-corrected chi connectivity index (χ2v) is 6.39. The molecule has 2 aromatic carbocycles. The maximum absolute atomic E-state index is 13.0. The number of nitrogens with zero attached hydrogens (tertiary/aromatic N) is 3. The number of para-hydroxylation sites is 1. The van der Waals surface area contributed by atoms with Crippen molar-refractivity contribution in [1.82, 2.24) is 9.78 Å². The van der Waals surface area contributed by atoms with Crippen molar-refractivity contribution in [2.75, 3.05) is 5.43 Å². The van der Waals surface area contributed by atoms with Crippen LogP contribution in [0.3, 0.4) is 0 Å². The second kappa shape index (κ2) is 7.62. The van der Waals surface area contributed by atoms with Crippen LogP contribution in [-0.4, -0.2) is 16.0 Å². The summed E-state index contributed by atoms with van der Waals surface area (Å²) in [7, 11) is 0. The molecule has 9 heteroatoms. The molecule has 0 radical (unpaired) electrons. The SMILES string of the molecule is Cc1nn(-c2cccc(Cl)c2)c(Cl)c1C=NNc1ccccc1C(F)(F)F. The van der Waals surface area contributed by atoms with E-state index in [1.54, 1.807) is 31.2 Å². The average molecular weight is 413 g/mol. The van der Waals surface area contributed by atoms with Crippen LogP contribution in [0, 0.1) is 6.92 Å². The second-order valence-electron chi connectivity index (χ2n) is 5.59. The zero-order valence-corrected chi connectivity index (χ0v) is 15.4. The summed E-state index contributed by atoms with van der Waals surface area (Å²) < 4.78 is 40.5. The predicted octanol–water partition coefficient (Wildman–Crippen LogP) is 5.95. The van der Waals surface area contributed by atoms with Gasteiger partial charge >= 0.3 is 6.18 Å². The van der Waals surface area contributed by atoms with Crippen LogP contribution in [0.4, 0.5) is 18.9 Å². The van der Waals surface area contributed by atoms with E-state index in [0.717, 1.165) is 6.07 Å². The maximum atomic E-state index is 13.0. The first-order valence-electron chi connectivity index (χ1n) is 7.73. The molecule has 0 saturated carbocycles. The Kier molecular flexibility index (Phi) is 5.43. The first kappa shape index (κ1) is 19.3. The molecule has 0 aliphatic rings. The standard InChI is InChI=1S/C18H13Cl2F3N4/c1-11-14(17(20)27(26-11)13-6-4-5-12(19)9-13)10-24-25-16-8-3-2-7-15(16)18(21,22)23/h2-10,25H,1H3. The lowest BCUT2D eigenvalue weighted by atomic mass is 10.2. The molecule has 1 heterocycles. The molecule has 0 unspecified atom stereocenters. The van der Waals surface area contributed by atoms with Crippen molar-refractivity contribution in [2.45, 2.75) is 13.1 Å². The molecule has 0 aliphatic carbocycles. The van der Waals surface area contributed by atoms with Crippen LogP contribution in [0.1, 0.15) is 16.8 Å². The molecular weight excluding hydrogens is 400 g/mol. The predicted molar refractivity (Wildman–Crippen MR) is 101 cm³/mol. The van der Waals surface area contributed by atoms with Crippen LogP contribution in [0.25, 0.3) is 5.69 Å². The van der Waals surface area contributed by atoms with Gasteiger partial charge in [-0.15, -0.1) is 0 Å². The first-order valence-corrected chi connectivity index (χ1v) is 8.49. The molecule has 0 spiro atoms. The highest BCUT2D eigenvalue weighted by molar-refractivity contribution is 6.32. The fourth-order valence-electron chi connectivity index (χ4n) is 2.43. The minimum atomic E-state index is -4.48.